The fraction of sp³-hybridized carbons (Fsp3) is 0.879. The maximum absolute atomic E-state index is 13.5. The van der Waals surface area contributed by atoms with E-state index in [4.69, 9.17) is 14.2 Å². The van der Waals surface area contributed by atoms with Crippen molar-refractivity contribution in [1.82, 2.24) is 0 Å². The Balaban J connectivity index is 1.48. The van der Waals surface area contributed by atoms with E-state index in [2.05, 4.69) is 27.7 Å². The van der Waals surface area contributed by atoms with Gasteiger partial charge in [-0.05, 0) is 114 Å². The molecule has 1 aliphatic heterocycles. The molecule has 0 unspecified atom stereocenters. The zero-order valence-electron chi connectivity index (χ0n) is 26.3. The fourth-order valence-corrected chi connectivity index (χ4v) is 9.98. The van der Waals surface area contributed by atoms with E-state index >= 15 is 0 Å². The molecule has 3 N–H and O–H groups in total. The van der Waals surface area contributed by atoms with Gasteiger partial charge in [-0.3, -0.25) is 9.59 Å². The highest BCUT2D eigenvalue weighted by atomic mass is 16.8. The molecule has 8 heteroatoms. The van der Waals surface area contributed by atoms with Crippen LogP contribution >= 0.6 is 0 Å². The van der Waals surface area contributed by atoms with Crippen LogP contribution in [-0.2, 0) is 23.8 Å². The first-order valence-corrected chi connectivity index (χ1v) is 15.8. The number of hydrogen-bond donors (Lipinski definition) is 3. The lowest BCUT2D eigenvalue weighted by molar-refractivity contribution is -0.201. The predicted molar refractivity (Wildman–Crippen MR) is 153 cm³/mol. The second-order valence-electron chi connectivity index (χ2n) is 15.4. The van der Waals surface area contributed by atoms with Gasteiger partial charge < -0.3 is 29.5 Å². The molecule has 1 saturated heterocycles. The standard InChI is InChI=1S/C33H52O8/c1-9-31(7)40-27(12-13-28(3,4)39-19(2)34)32(8,41-31)26-11-15-33(38)21-16-23(35)22-17-24(36)25(37)18-29(22,5)20(21)10-14-30(26,33)6/h16,20,22,24-27,36-38H,9-15,17-18H2,1-8H3/t20-,22-,24+,25-,26-,27+,29+,30+,31+,32+,33+/m0/s1. The first-order valence-electron chi connectivity index (χ1n) is 15.8. The van der Waals surface area contributed by atoms with Crippen LogP contribution in [0.2, 0.25) is 0 Å². The molecular formula is C33H52O8. The highest BCUT2D eigenvalue weighted by molar-refractivity contribution is 5.95. The van der Waals surface area contributed by atoms with Crippen molar-refractivity contribution < 1.29 is 39.1 Å². The lowest BCUT2D eigenvalue weighted by Crippen LogP contribution is -2.62. The largest absolute Gasteiger partial charge is 0.460 e. The molecular weight excluding hydrogens is 524 g/mol. The van der Waals surface area contributed by atoms with Gasteiger partial charge in [0.15, 0.2) is 11.6 Å². The van der Waals surface area contributed by atoms with Crippen LogP contribution in [0, 0.1) is 28.6 Å². The lowest BCUT2D eigenvalue weighted by atomic mass is 9.45. The van der Waals surface area contributed by atoms with Crippen molar-refractivity contribution in [3.63, 3.8) is 0 Å². The van der Waals surface area contributed by atoms with Crippen LogP contribution in [0.25, 0.3) is 0 Å². The Bertz CT molecular complexity index is 1120. The van der Waals surface area contributed by atoms with Crippen LogP contribution in [0.1, 0.15) is 113 Å². The van der Waals surface area contributed by atoms with Gasteiger partial charge in [0.2, 0.25) is 0 Å². The Labute approximate surface area is 245 Å². The van der Waals surface area contributed by atoms with E-state index in [0.29, 0.717) is 32.1 Å². The van der Waals surface area contributed by atoms with E-state index in [1.54, 1.807) is 6.08 Å². The third kappa shape index (κ3) is 4.66. The first kappa shape index (κ1) is 31.1. The van der Waals surface area contributed by atoms with Crippen LogP contribution in [0.4, 0.5) is 0 Å². The van der Waals surface area contributed by atoms with Crippen molar-refractivity contribution >= 4 is 11.8 Å². The van der Waals surface area contributed by atoms with Gasteiger partial charge in [0.1, 0.15) is 5.60 Å². The highest BCUT2D eigenvalue weighted by Crippen LogP contribution is 2.70. The summed E-state index contributed by atoms with van der Waals surface area (Å²) in [5.74, 6) is -1.52. The number of rotatable bonds is 6. The molecule has 0 aromatic carbocycles. The van der Waals surface area contributed by atoms with Crippen molar-refractivity contribution in [2.45, 2.75) is 154 Å². The third-order valence-corrected chi connectivity index (χ3v) is 12.3. The summed E-state index contributed by atoms with van der Waals surface area (Å²) in [5.41, 5.74) is -2.75. The SMILES string of the molecule is CC[C@]1(C)O[C@H](CCC(C)(C)OC(C)=O)[C@@](C)([C@H]2CC[C@@]3(O)C4=CC(=O)[C@@H]5C[C@@H](O)[C@@H](O)C[C@]5(C)[C@H]4CC[C@]23C)O1. The van der Waals surface area contributed by atoms with Crippen molar-refractivity contribution in [3.05, 3.63) is 11.6 Å². The van der Waals surface area contributed by atoms with Gasteiger partial charge in [0.05, 0.1) is 29.5 Å². The zero-order valence-corrected chi connectivity index (χ0v) is 26.3. The molecule has 232 valence electrons. The summed E-state index contributed by atoms with van der Waals surface area (Å²) < 4.78 is 19.1. The Morgan fingerprint density at radius 2 is 1.78 bits per heavy atom. The van der Waals surface area contributed by atoms with Gasteiger partial charge in [-0.2, -0.15) is 0 Å². The maximum atomic E-state index is 13.5. The summed E-state index contributed by atoms with van der Waals surface area (Å²) in [6, 6.07) is 0. The fourth-order valence-electron chi connectivity index (χ4n) is 9.98. The first-order chi connectivity index (χ1) is 18.8. The molecule has 0 aromatic rings. The van der Waals surface area contributed by atoms with Crippen molar-refractivity contribution in [2.24, 2.45) is 28.6 Å². The number of fused-ring (bicyclic) bond motifs is 5. The van der Waals surface area contributed by atoms with E-state index in [1.807, 2.05) is 20.8 Å². The van der Waals surface area contributed by atoms with E-state index < -0.39 is 45.6 Å². The van der Waals surface area contributed by atoms with Crippen LogP contribution in [0.15, 0.2) is 11.6 Å². The monoisotopic (exact) mass is 576 g/mol. The Kier molecular flexibility index (Phi) is 7.47. The predicted octanol–water partition coefficient (Wildman–Crippen LogP) is 4.61. The maximum Gasteiger partial charge on any atom is 0.303 e. The highest BCUT2D eigenvalue weighted by Gasteiger charge is 2.71. The van der Waals surface area contributed by atoms with Crippen LogP contribution in [0.3, 0.4) is 0 Å². The van der Waals surface area contributed by atoms with Gasteiger partial charge in [0, 0.05) is 18.3 Å². The number of esters is 1. The van der Waals surface area contributed by atoms with Crippen molar-refractivity contribution in [3.8, 4) is 0 Å². The third-order valence-electron chi connectivity index (χ3n) is 12.3. The number of hydrogen-bond acceptors (Lipinski definition) is 8. The molecule has 11 atom stereocenters. The minimum Gasteiger partial charge on any atom is -0.460 e. The van der Waals surface area contributed by atoms with E-state index in [1.165, 1.54) is 6.92 Å². The molecule has 1 heterocycles. The van der Waals surface area contributed by atoms with Crippen LogP contribution in [-0.4, -0.2) is 68.0 Å². The number of ether oxygens (including phenoxy) is 3. The molecule has 5 rings (SSSR count). The lowest BCUT2D eigenvalue weighted by Gasteiger charge is -2.60. The molecule has 0 amide bonds. The molecule has 3 saturated carbocycles. The molecule has 41 heavy (non-hydrogen) atoms. The quantitative estimate of drug-likeness (QED) is 0.392. The van der Waals surface area contributed by atoms with E-state index in [9.17, 15) is 24.9 Å². The molecule has 8 nitrogen and oxygen atoms in total. The van der Waals surface area contributed by atoms with Crippen LogP contribution in [0.5, 0.6) is 0 Å². The number of aliphatic hydroxyl groups is 3. The number of aliphatic hydroxyl groups excluding tert-OH is 2. The Morgan fingerprint density at radius 3 is 2.41 bits per heavy atom. The topological polar surface area (TPSA) is 123 Å². The van der Waals surface area contributed by atoms with Gasteiger partial charge in [-0.1, -0.05) is 20.8 Å². The Morgan fingerprint density at radius 1 is 1.10 bits per heavy atom. The summed E-state index contributed by atoms with van der Waals surface area (Å²) in [4.78, 5) is 25.2. The van der Waals surface area contributed by atoms with Crippen LogP contribution < -0.4 is 0 Å². The second-order valence-corrected chi connectivity index (χ2v) is 15.4. The summed E-state index contributed by atoms with van der Waals surface area (Å²) in [6.07, 6.45) is 5.05. The molecule has 4 aliphatic carbocycles. The molecule has 5 aliphatic rings. The molecule has 0 spiro atoms. The summed E-state index contributed by atoms with van der Waals surface area (Å²) in [5, 5.41) is 33.7. The Hall–Kier alpha value is -1.32. The number of ketones is 1. The smallest absolute Gasteiger partial charge is 0.303 e. The number of carbonyl (C=O) groups is 2. The van der Waals surface area contributed by atoms with Gasteiger partial charge in [-0.15, -0.1) is 0 Å². The second kappa shape index (κ2) is 9.85. The van der Waals surface area contributed by atoms with Crippen molar-refractivity contribution in [1.29, 1.82) is 0 Å². The summed E-state index contributed by atoms with van der Waals surface area (Å²) >= 11 is 0. The van der Waals surface area contributed by atoms with E-state index in [-0.39, 0.29) is 42.0 Å². The zero-order chi connectivity index (χ0) is 30.4. The minimum absolute atomic E-state index is 0.0287. The normalized spacial score (nSPS) is 49.6. The average Bonchev–Trinajstić information content (AvgIpc) is 3.29. The van der Waals surface area contributed by atoms with Gasteiger partial charge in [-0.25, -0.2) is 0 Å². The minimum atomic E-state index is -1.18. The molecule has 0 bridgehead atoms. The molecule has 0 aromatic heterocycles. The summed E-state index contributed by atoms with van der Waals surface area (Å²) in [6.45, 7) is 15.7. The van der Waals surface area contributed by atoms with Gasteiger partial charge >= 0.3 is 5.97 Å². The van der Waals surface area contributed by atoms with Crippen molar-refractivity contribution in [2.75, 3.05) is 0 Å². The summed E-state index contributed by atoms with van der Waals surface area (Å²) in [7, 11) is 0. The number of allylic oxidation sites excluding steroid dienone is 1. The molecule has 4 fully saturated rings. The number of carbonyl (C=O) groups excluding carboxylic acids is 2. The average molecular weight is 577 g/mol. The van der Waals surface area contributed by atoms with Gasteiger partial charge in [0.25, 0.3) is 0 Å². The molecule has 0 radical (unpaired) electrons. The van der Waals surface area contributed by atoms with E-state index in [0.717, 1.165) is 24.8 Å².